The second-order valence-electron chi connectivity index (χ2n) is 2.39. The molecule has 62 valence electrons. The van der Waals surface area contributed by atoms with Crippen LogP contribution in [0.3, 0.4) is 0 Å². The molecule has 0 unspecified atom stereocenters. The third-order valence-corrected chi connectivity index (χ3v) is 1.55. The lowest BCUT2D eigenvalue weighted by molar-refractivity contribution is 0.700. The molecule has 0 aliphatic heterocycles. The second-order valence-corrected chi connectivity index (χ2v) is 2.39. The first-order valence-corrected chi connectivity index (χ1v) is 3.41. The van der Waals surface area contributed by atoms with Gasteiger partial charge in [-0.15, -0.1) is 12.3 Å². The molecule has 1 aromatic rings. The molecule has 2 N–H and O–H groups in total. The first-order valence-electron chi connectivity index (χ1n) is 3.41. The fourth-order valence-electron chi connectivity index (χ4n) is 0.878. The van der Waals surface area contributed by atoms with Crippen LogP contribution < -0.4 is 11.3 Å². The van der Waals surface area contributed by atoms with Gasteiger partial charge in [-0.1, -0.05) is 0 Å². The van der Waals surface area contributed by atoms with Crippen LogP contribution in [0.5, 0.6) is 0 Å². The van der Waals surface area contributed by atoms with E-state index in [2.05, 4.69) is 11.0 Å². The lowest BCUT2D eigenvalue weighted by Gasteiger charge is -2.01. The minimum Gasteiger partial charge on any atom is -0.397 e. The fraction of sp³-hybridized carbons (Fsp3) is 0.250. The second kappa shape index (κ2) is 3.09. The zero-order valence-electron chi connectivity index (χ0n) is 6.74. The van der Waals surface area contributed by atoms with E-state index < -0.39 is 0 Å². The molecule has 12 heavy (non-hydrogen) atoms. The monoisotopic (exact) mass is 163 g/mol. The summed E-state index contributed by atoms with van der Waals surface area (Å²) >= 11 is 0. The number of hydrogen-bond acceptors (Lipinski definition) is 3. The van der Waals surface area contributed by atoms with E-state index in [1.807, 2.05) is 0 Å². The molecule has 0 bridgehead atoms. The Kier molecular flexibility index (Phi) is 2.15. The number of terminal acetylenes is 1. The van der Waals surface area contributed by atoms with Gasteiger partial charge < -0.3 is 5.73 Å². The highest BCUT2D eigenvalue weighted by Gasteiger charge is 2.04. The van der Waals surface area contributed by atoms with Crippen molar-refractivity contribution in [2.45, 2.75) is 6.42 Å². The van der Waals surface area contributed by atoms with Crippen LogP contribution in [0.15, 0.2) is 11.0 Å². The van der Waals surface area contributed by atoms with Crippen LogP contribution in [0.2, 0.25) is 0 Å². The summed E-state index contributed by atoms with van der Waals surface area (Å²) in [5, 5.41) is 3.73. The topological polar surface area (TPSA) is 60.9 Å². The SMILES string of the molecule is C#CCc1c(N)cnn(C)c1=O. The number of aryl methyl sites for hydroxylation is 1. The van der Waals surface area contributed by atoms with Crippen molar-refractivity contribution in [3.05, 3.63) is 22.1 Å². The lowest BCUT2D eigenvalue weighted by atomic mass is 10.2. The lowest BCUT2D eigenvalue weighted by Crippen LogP contribution is -2.24. The Labute approximate surface area is 70.0 Å². The van der Waals surface area contributed by atoms with Crippen molar-refractivity contribution in [1.29, 1.82) is 0 Å². The Hall–Kier alpha value is -1.76. The zero-order valence-corrected chi connectivity index (χ0v) is 6.74. The molecule has 0 aliphatic rings. The molecule has 0 aromatic carbocycles. The van der Waals surface area contributed by atoms with Crippen LogP contribution in [0, 0.1) is 12.3 Å². The molecule has 1 rings (SSSR count). The van der Waals surface area contributed by atoms with Gasteiger partial charge in [0.1, 0.15) is 0 Å². The molecular formula is C8H9N3O. The van der Waals surface area contributed by atoms with Gasteiger partial charge in [0, 0.05) is 13.5 Å². The molecule has 0 amide bonds. The molecule has 0 atom stereocenters. The summed E-state index contributed by atoms with van der Waals surface area (Å²) in [7, 11) is 1.56. The number of nitrogens with two attached hydrogens (primary N) is 1. The minimum absolute atomic E-state index is 0.229. The van der Waals surface area contributed by atoms with Crippen LogP contribution in [0.25, 0.3) is 0 Å². The number of hydrogen-bond donors (Lipinski definition) is 1. The summed E-state index contributed by atoms with van der Waals surface area (Å²) < 4.78 is 1.21. The number of anilines is 1. The molecule has 4 heteroatoms. The van der Waals surface area contributed by atoms with Crippen LogP contribution in [-0.2, 0) is 13.5 Å². The van der Waals surface area contributed by atoms with E-state index in [1.54, 1.807) is 7.05 Å². The predicted octanol–water partition coefficient (Wildman–Crippen LogP) is -0.462. The largest absolute Gasteiger partial charge is 0.397 e. The molecule has 0 saturated heterocycles. The van der Waals surface area contributed by atoms with Gasteiger partial charge in [0.25, 0.3) is 5.56 Å². The quantitative estimate of drug-likeness (QED) is 0.570. The van der Waals surface area contributed by atoms with Crippen LogP contribution in [0.4, 0.5) is 5.69 Å². The maximum atomic E-state index is 11.3. The Bertz CT molecular complexity index is 386. The molecule has 1 heterocycles. The van der Waals surface area contributed by atoms with E-state index in [4.69, 9.17) is 12.2 Å². The van der Waals surface area contributed by atoms with Crippen LogP contribution in [0.1, 0.15) is 5.56 Å². The zero-order chi connectivity index (χ0) is 9.14. The third kappa shape index (κ3) is 1.30. The van der Waals surface area contributed by atoms with Crippen molar-refractivity contribution < 1.29 is 0 Å². The summed E-state index contributed by atoms with van der Waals surface area (Å²) in [5.74, 6) is 2.37. The fourth-order valence-corrected chi connectivity index (χ4v) is 0.878. The summed E-state index contributed by atoms with van der Waals surface area (Å²) in [5.41, 5.74) is 6.07. The van der Waals surface area contributed by atoms with Crippen molar-refractivity contribution in [1.82, 2.24) is 9.78 Å². The van der Waals surface area contributed by atoms with Gasteiger partial charge in [-0.05, 0) is 0 Å². The first kappa shape index (κ1) is 8.34. The van der Waals surface area contributed by atoms with Crippen molar-refractivity contribution in [3.63, 3.8) is 0 Å². The van der Waals surface area contributed by atoms with Gasteiger partial charge in [0.15, 0.2) is 0 Å². The van der Waals surface area contributed by atoms with Gasteiger partial charge in [-0.3, -0.25) is 4.79 Å². The van der Waals surface area contributed by atoms with Crippen LogP contribution in [-0.4, -0.2) is 9.78 Å². The Morgan fingerprint density at radius 1 is 1.83 bits per heavy atom. The molecule has 0 fully saturated rings. The summed E-state index contributed by atoms with van der Waals surface area (Å²) in [6.45, 7) is 0. The standard InChI is InChI=1S/C8H9N3O/c1-3-4-6-7(9)5-10-11(2)8(6)12/h1,5H,4,9H2,2H3. The Morgan fingerprint density at radius 2 is 2.50 bits per heavy atom. The molecule has 0 radical (unpaired) electrons. The minimum atomic E-state index is -0.229. The molecule has 0 spiro atoms. The van der Waals surface area contributed by atoms with E-state index in [-0.39, 0.29) is 12.0 Å². The van der Waals surface area contributed by atoms with E-state index in [1.165, 1.54) is 10.9 Å². The Balaban J connectivity index is 3.35. The van der Waals surface area contributed by atoms with Crippen LogP contribution >= 0.6 is 0 Å². The number of aromatic nitrogens is 2. The van der Waals surface area contributed by atoms with Gasteiger partial charge in [0.05, 0.1) is 17.4 Å². The Morgan fingerprint density at radius 3 is 3.08 bits per heavy atom. The van der Waals surface area contributed by atoms with Gasteiger partial charge in [-0.2, -0.15) is 5.10 Å². The normalized spacial score (nSPS) is 9.33. The van der Waals surface area contributed by atoms with Crippen molar-refractivity contribution >= 4 is 5.69 Å². The van der Waals surface area contributed by atoms with Gasteiger partial charge in [-0.25, -0.2) is 4.68 Å². The number of nitrogens with zero attached hydrogens (tertiary/aromatic N) is 2. The molecule has 1 aromatic heterocycles. The van der Waals surface area contributed by atoms with E-state index >= 15 is 0 Å². The summed E-state index contributed by atoms with van der Waals surface area (Å²) in [4.78, 5) is 11.3. The molecular weight excluding hydrogens is 154 g/mol. The molecule has 0 saturated carbocycles. The van der Waals surface area contributed by atoms with Gasteiger partial charge >= 0.3 is 0 Å². The summed E-state index contributed by atoms with van der Waals surface area (Å²) in [6.07, 6.45) is 6.75. The number of rotatable bonds is 1. The van der Waals surface area contributed by atoms with Crippen molar-refractivity contribution in [3.8, 4) is 12.3 Å². The maximum absolute atomic E-state index is 11.3. The average Bonchev–Trinajstić information content (AvgIpc) is 2.06. The number of nitrogen functional groups attached to an aromatic ring is 1. The smallest absolute Gasteiger partial charge is 0.272 e. The van der Waals surface area contributed by atoms with E-state index in [0.29, 0.717) is 11.3 Å². The highest BCUT2D eigenvalue weighted by molar-refractivity contribution is 5.44. The average molecular weight is 163 g/mol. The maximum Gasteiger partial charge on any atom is 0.272 e. The third-order valence-electron chi connectivity index (χ3n) is 1.55. The predicted molar refractivity (Wildman–Crippen MR) is 46.4 cm³/mol. The highest BCUT2D eigenvalue weighted by atomic mass is 16.1. The van der Waals surface area contributed by atoms with Crippen molar-refractivity contribution in [2.24, 2.45) is 7.05 Å². The molecule has 0 aliphatic carbocycles. The van der Waals surface area contributed by atoms with E-state index in [9.17, 15) is 4.79 Å². The first-order chi connectivity index (χ1) is 5.66. The molecule has 4 nitrogen and oxygen atoms in total. The van der Waals surface area contributed by atoms with Gasteiger partial charge in [0.2, 0.25) is 0 Å². The summed E-state index contributed by atoms with van der Waals surface area (Å²) in [6, 6.07) is 0. The van der Waals surface area contributed by atoms with E-state index in [0.717, 1.165) is 0 Å². The highest BCUT2D eigenvalue weighted by Crippen LogP contribution is 2.02. The van der Waals surface area contributed by atoms with Crippen molar-refractivity contribution in [2.75, 3.05) is 5.73 Å².